The Bertz CT molecular complexity index is 489. The molecule has 1 unspecified atom stereocenters. The van der Waals surface area contributed by atoms with E-state index in [1.54, 1.807) is 4.68 Å². The topological polar surface area (TPSA) is 55.9 Å². The molecule has 0 saturated carbocycles. The minimum Gasteiger partial charge on any atom is -0.452 e. The molecule has 2 aromatic heterocycles. The second kappa shape index (κ2) is 5.32. The molecule has 2 heterocycles. The van der Waals surface area contributed by atoms with Gasteiger partial charge in [-0.25, -0.2) is 4.68 Å². The lowest BCUT2D eigenvalue weighted by Gasteiger charge is -2.15. The summed E-state index contributed by atoms with van der Waals surface area (Å²) in [5.74, 6) is 0.824. The molecule has 0 spiro atoms. The van der Waals surface area contributed by atoms with Gasteiger partial charge in [-0.05, 0) is 50.5 Å². The van der Waals surface area contributed by atoms with Gasteiger partial charge in [0.1, 0.15) is 11.8 Å². The maximum absolute atomic E-state index is 5.60. The van der Waals surface area contributed by atoms with Gasteiger partial charge in [-0.3, -0.25) is 0 Å². The Morgan fingerprint density at radius 2 is 2.24 bits per heavy atom. The molecule has 0 aliphatic carbocycles. The molecule has 0 fully saturated rings. The summed E-state index contributed by atoms with van der Waals surface area (Å²) in [5.41, 5.74) is 0.939. The number of aryl methyl sites for hydroxylation is 1. The Balaban J connectivity index is 2.42. The van der Waals surface area contributed by atoms with Gasteiger partial charge in [0.15, 0.2) is 9.27 Å². The predicted octanol–water partition coefficient (Wildman–Crippen LogP) is 2.63. The van der Waals surface area contributed by atoms with Crippen molar-refractivity contribution in [2.75, 3.05) is 6.54 Å². The number of halogens is 2. The fourth-order valence-electron chi connectivity index (χ4n) is 1.66. The summed E-state index contributed by atoms with van der Waals surface area (Å²) >= 11 is 6.71. The monoisotopic (exact) mass is 362 g/mol. The Morgan fingerprint density at radius 3 is 2.71 bits per heavy atom. The van der Waals surface area contributed by atoms with Crippen LogP contribution in [-0.2, 0) is 7.05 Å². The van der Waals surface area contributed by atoms with Crippen LogP contribution in [0.1, 0.15) is 24.4 Å². The Labute approximate surface area is 116 Å². The van der Waals surface area contributed by atoms with E-state index in [9.17, 15) is 0 Å². The molecule has 5 nitrogen and oxygen atoms in total. The van der Waals surface area contributed by atoms with E-state index in [1.807, 2.05) is 26.1 Å². The fourth-order valence-corrected chi connectivity index (χ4v) is 2.54. The Morgan fingerprint density at radius 1 is 1.47 bits per heavy atom. The maximum Gasteiger partial charge on any atom is 0.169 e. The van der Waals surface area contributed by atoms with Gasteiger partial charge in [0, 0.05) is 7.05 Å². The van der Waals surface area contributed by atoms with Crippen molar-refractivity contribution >= 4 is 31.9 Å². The third kappa shape index (κ3) is 2.61. The van der Waals surface area contributed by atoms with Gasteiger partial charge in [-0.1, -0.05) is 12.1 Å². The molecule has 2 rings (SSSR count). The fraction of sp³-hybridized carbons (Fsp3) is 0.400. The van der Waals surface area contributed by atoms with E-state index in [4.69, 9.17) is 4.42 Å². The van der Waals surface area contributed by atoms with Crippen LogP contribution >= 0.6 is 31.9 Å². The average Bonchev–Trinajstić information content (AvgIpc) is 2.84. The molecule has 0 aromatic carbocycles. The zero-order valence-electron chi connectivity index (χ0n) is 9.44. The van der Waals surface area contributed by atoms with Crippen molar-refractivity contribution in [1.29, 1.82) is 0 Å². The first-order valence-corrected chi connectivity index (χ1v) is 6.75. The van der Waals surface area contributed by atoms with Crippen LogP contribution in [-0.4, -0.2) is 21.5 Å². The van der Waals surface area contributed by atoms with Crippen LogP contribution in [0.2, 0.25) is 0 Å². The second-order valence-electron chi connectivity index (χ2n) is 3.52. The van der Waals surface area contributed by atoms with Crippen LogP contribution in [0.15, 0.2) is 25.8 Å². The van der Waals surface area contributed by atoms with Gasteiger partial charge < -0.3 is 9.73 Å². The molecule has 0 aliphatic rings. The zero-order valence-corrected chi connectivity index (χ0v) is 12.6. The van der Waals surface area contributed by atoms with Crippen molar-refractivity contribution in [3.05, 3.63) is 32.9 Å². The molecule has 0 amide bonds. The van der Waals surface area contributed by atoms with Crippen LogP contribution in [0, 0.1) is 0 Å². The van der Waals surface area contributed by atoms with E-state index >= 15 is 0 Å². The number of hydrogen-bond donors (Lipinski definition) is 1. The minimum atomic E-state index is -0.0688. The molecule has 0 aliphatic heterocycles. The SMILES string of the molecule is CCNC(c1ccc(Br)o1)c1c(Br)nnn1C. The number of nitrogens with one attached hydrogen (secondary N) is 1. The third-order valence-electron chi connectivity index (χ3n) is 2.39. The first kappa shape index (κ1) is 12.8. The predicted molar refractivity (Wildman–Crippen MR) is 70.6 cm³/mol. The van der Waals surface area contributed by atoms with Crippen LogP contribution in [0.5, 0.6) is 0 Å². The van der Waals surface area contributed by atoms with Gasteiger partial charge in [-0.15, -0.1) is 5.10 Å². The summed E-state index contributed by atoms with van der Waals surface area (Å²) < 4.78 is 8.76. The van der Waals surface area contributed by atoms with Gasteiger partial charge >= 0.3 is 0 Å². The van der Waals surface area contributed by atoms with E-state index in [0.717, 1.165) is 22.6 Å². The number of rotatable bonds is 4. The number of furan rings is 1. The van der Waals surface area contributed by atoms with E-state index < -0.39 is 0 Å². The number of hydrogen-bond acceptors (Lipinski definition) is 4. The molecule has 7 heteroatoms. The van der Waals surface area contributed by atoms with E-state index in [2.05, 4.69) is 47.5 Å². The second-order valence-corrected chi connectivity index (χ2v) is 5.05. The largest absolute Gasteiger partial charge is 0.452 e. The first-order chi connectivity index (χ1) is 8.13. The van der Waals surface area contributed by atoms with Crippen LogP contribution in [0.3, 0.4) is 0 Å². The highest BCUT2D eigenvalue weighted by atomic mass is 79.9. The van der Waals surface area contributed by atoms with Crippen molar-refractivity contribution in [3.8, 4) is 0 Å². The summed E-state index contributed by atoms with van der Waals surface area (Å²) in [6.07, 6.45) is 0. The lowest BCUT2D eigenvalue weighted by molar-refractivity contribution is 0.424. The van der Waals surface area contributed by atoms with E-state index in [-0.39, 0.29) is 6.04 Å². The molecular formula is C10H12Br2N4O. The van der Waals surface area contributed by atoms with Crippen LogP contribution in [0.25, 0.3) is 0 Å². The van der Waals surface area contributed by atoms with Gasteiger partial charge in [-0.2, -0.15) is 0 Å². The molecule has 1 N–H and O–H groups in total. The lowest BCUT2D eigenvalue weighted by atomic mass is 10.1. The molecule has 0 radical (unpaired) electrons. The minimum absolute atomic E-state index is 0.0688. The van der Waals surface area contributed by atoms with E-state index in [0.29, 0.717) is 4.67 Å². The van der Waals surface area contributed by atoms with Crippen molar-refractivity contribution in [2.24, 2.45) is 7.05 Å². The molecular weight excluding hydrogens is 352 g/mol. The first-order valence-electron chi connectivity index (χ1n) is 5.17. The van der Waals surface area contributed by atoms with E-state index in [1.165, 1.54) is 0 Å². The van der Waals surface area contributed by atoms with Gasteiger partial charge in [0.25, 0.3) is 0 Å². The van der Waals surface area contributed by atoms with Gasteiger partial charge in [0.05, 0.1) is 5.69 Å². The molecule has 0 saturated heterocycles. The average molecular weight is 364 g/mol. The third-order valence-corrected chi connectivity index (χ3v) is 3.38. The molecule has 92 valence electrons. The number of nitrogens with zero attached hydrogens (tertiary/aromatic N) is 3. The standard InChI is InChI=1S/C10H12Br2N4O/c1-3-13-8(6-4-5-7(11)17-6)9-10(12)14-15-16(9)2/h4-5,8,13H,3H2,1-2H3. The summed E-state index contributed by atoms with van der Waals surface area (Å²) in [5, 5.41) is 11.3. The van der Waals surface area contributed by atoms with Crippen molar-refractivity contribution in [3.63, 3.8) is 0 Å². The van der Waals surface area contributed by atoms with Crippen molar-refractivity contribution in [2.45, 2.75) is 13.0 Å². The molecule has 0 bridgehead atoms. The van der Waals surface area contributed by atoms with Gasteiger partial charge in [0.2, 0.25) is 0 Å². The quantitative estimate of drug-likeness (QED) is 0.907. The number of aromatic nitrogens is 3. The molecule has 1 atom stereocenters. The molecule has 2 aromatic rings. The van der Waals surface area contributed by atoms with Crippen LogP contribution < -0.4 is 5.32 Å². The summed E-state index contributed by atoms with van der Waals surface area (Å²) in [7, 11) is 1.86. The Hall–Kier alpha value is -0.660. The normalized spacial score (nSPS) is 12.9. The summed E-state index contributed by atoms with van der Waals surface area (Å²) in [6.45, 7) is 2.86. The highest BCUT2D eigenvalue weighted by molar-refractivity contribution is 9.10. The highest BCUT2D eigenvalue weighted by Gasteiger charge is 2.23. The summed E-state index contributed by atoms with van der Waals surface area (Å²) in [6, 6.07) is 3.73. The highest BCUT2D eigenvalue weighted by Crippen LogP contribution is 2.29. The van der Waals surface area contributed by atoms with Crippen molar-refractivity contribution in [1.82, 2.24) is 20.3 Å². The molecule has 17 heavy (non-hydrogen) atoms. The Kier molecular flexibility index (Phi) is 4.01. The summed E-state index contributed by atoms with van der Waals surface area (Å²) in [4.78, 5) is 0. The maximum atomic E-state index is 5.60. The van der Waals surface area contributed by atoms with Crippen LogP contribution in [0.4, 0.5) is 0 Å². The smallest absolute Gasteiger partial charge is 0.169 e. The zero-order chi connectivity index (χ0) is 12.4. The lowest BCUT2D eigenvalue weighted by Crippen LogP contribution is -2.24. The van der Waals surface area contributed by atoms with Crippen molar-refractivity contribution < 1.29 is 4.42 Å².